The zero-order chi connectivity index (χ0) is 21.9. The van der Waals surface area contributed by atoms with Crippen molar-refractivity contribution in [1.29, 1.82) is 0 Å². The van der Waals surface area contributed by atoms with Gasteiger partial charge in [-0.2, -0.15) is 4.31 Å². The summed E-state index contributed by atoms with van der Waals surface area (Å²) in [5.74, 6) is 0.125. The highest BCUT2D eigenvalue weighted by Crippen LogP contribution is 2.26. The predicted octanol–water partition coefficient (Wildman–Crippen LogP) is 1.52. The lowest BCUT2D eigenvalue weighted by molar-refractivity contribution is -0.135. The van der Waals surface area contributed by atoms with E-state index in [9.17, 15) is 13.2 Å². The summed E-state index contributed by atoms with van der Waals surface area (Å²) in [7, 11) is -3.50. The second kappa shape index (κ2) is 10.1. The molecule has 8 nitrogen and oxygen atoms in total. The highest BCUT2D eigenvalue weighted by molar-refractivity contribution is 7.91. The normalized spacial score (nSPS) is 25.4. The molecule has 2 aliphatic rings. The third-order valence-corrected chi connectivity index (χ3v) is 8.83. The van der Waals surface area contributed by atoms with Crippen LogP contribution in [0.2, 0.25) is 0 Å². The van der Waals surface area contributed by atoms with E-state index in [1.807, 2.05) is 27.7 Å². The summed E-state index contributed by atoms with van der Waals surface area (Å²) in [6.07, 6.45) is 0.182. The summed E-state index contributed by atoms with van der Waals surface area (Å²) in [5.41, 5.74) is 0. The first kappa shape index (κ1) is 23.6. The first-order valence-corrected chi connectivity index (χ1v) is 12.8. The summed E-state index contributed by atoms with van der Waals surface area (Å²) in [4.78, 5) is 16.0. The minimum Gasteiger partial charge on any atom is -0.379 e. The summed E-state index contributed by atoms with van der Waals surface area (Å²) >= 11 is 1.21. The molecular weight excluding hydrogens is 426 g/mol. The van der Waals surface area contributed by atoms with E-state index in [2.05, 4.69) is 10.2 Å². The molecule has 0 aliphatic carbocycles. The lowest BCUT2D eigenvalue weighted by atomic mass is 9.99. The quantitative estimate of drug-likeness (QED) is 0.665. The first-order chi connectivity index (χ1) is 14.2. The van der Waals surface area contributed by atoms with Crippen molar-refractivity contribution >= 4 is 27.3 Å². The number of carbonyl (C=O) groups excluding carboxylic acids is 1. The number of rotatable bonds is 7. The topological polar surface area (TPSA) is 88.2 Å². The lowest BCUT2D eigenvalue weighted by Gasteiger charge is -2.41. The molecule has 2 aliphatic heterocycles. The van der Waals surface area contributed by atoms with Gasteiger partial charge in [0.1, 0.15) is 4.21 Å². The second-order valence-electron chi connectivity index (χ2n) is 8.36. The predicted molar refractivity (Wildman–Crippen MR) is 116 cm³/mol. The van der Waals surface area contributed by atoms with Gasteiger partial charge in [0.25, 0.3) is 10.0 Å². The molecule has 1 aromatic rings. The molecule has 0 aromatic carbocycles. The summed E-state index contributed by atoms with van der Waals surface area (Å²) in [6.45, 7) is 11.5. The highest BCUT2D eigenvalue weighted by atomic mass is 32.2. The third kappa shape index (κ3) is 5.60. The maximum absolute atomic E-state index is 13.0. The molecule has 1 aromatic heterocycles. The number of amides is 1. The van der Waals surface area contributed by atoms with Crippen molar-refractivity contribution in [2.24, 2.45) is 5.92 Å². The Kier molecular flexibility index (Phi) is 7.92. The van der Waals surface area contributed by atoms with Crippen molar-refractivity contribution in [3.8, 4) is 0 Å². The van der Waals surface area contributed by atoms with Crippen LogP contribution in [0.1, 0.15) is 32.6 Å². The Balaban J connectivity index is 1.62. The Morgan fingerprint density at radius 3 is 2.43 bits per heavy atom. The summed E-state index contributed by atoms with van der Waals surface area (Å²) < 4.78 is 38.4. The van der Waals surface area contributed by atoms with Gasteiger partial charge in [-0.25, -0.2) is 8.42 Å². The molecule has 2 saturated heterocycles. The van der Waals surface area contributed by atoms with Gasteiger partial charge < -0.3 is 14.8 Å². The Labute approximate surface area is 183 Å². The number of hydrogen-bond donors (Lipinski definition) is 1. The largest absolute Gasteiger partial charge is 0.379 e. The fourth-order valence-corrected chi connectivity index (χ4v) is 6.98. The summed E-state index contributed by atoms with van der Waals surface area (Å²) in [5, 5.41) is 3.01. The molecule has 3 heterocycles. The molecule has 1 N–H and O–H groups in total. The molecule has 0 bridgehead atoms. The Bertz CT molecular complexity index is 810. The monoisotopic (exact) mass is 459 g/mol. The van der Waals surface area contributed by atoms with Crippen LogP contribution in [-0.4, -0.2) is 81.2 Å². The maximum atomic E-state index is 13.0. The van der Waals surface area contributed by atoms with Gasteiger partial charge in [0, 0.05) is 31.1 Å². The van der Waals surface area contributed by atoms with Crippen molar-refractivity contribution in [3.05, 3.63) is 17.0 Å². The molecular formula is C20H33N3O5S2. The Hall–Kier alpha value is -1.04. The maximum Gasteiger partial charge on any atom is 0.252 e. The van der Waals surface area contributed by atoms with E-state index in [4.69, 9.17) is 9.47 Å². The van der Waals surface area contributed by atoms with Gasteiger partial charge in [-0.05, 0) is 31.9 Å². The molecule has 30 heavy (non-hydrogen) atoms. The van der Waals surface area contributed by atoms with Crippen LogP contribution in [0.25, 0.3) is 0 Å². The number of thiophene rings is 1. The smallest absolute Gasteiger partial charge is 0.252 e. The van der Waals surface area contributed by atoms with Gasteiger partial charge in [-0.3, -0.25) is 9.69 Å². The van der Waals surface area contributed by atoms with Crippen LogP contribution in [0.5, 0.6) is 0 Å². The molecule has 2 fully saturated rings. The van der Waals surface area contributed by atoms with Crippen molar-refractivity contribution in [3.63, 3.8) is 0 Å². The Morgan fingerprint density at radius 1 is 1.20 bits per heavy atom. The van der Waals surface area contributed by atoms with Gasteiger partial charge in [0.15, 0.2) is 0 Å². The molecule has 170 valence electrons. The van der Waals surface area contributed by atoms with Crippen LogP contribution in [0.15, 0.2) is 16.3 Å². The number of sulfonamides is 1. The third-order valence-electron chi connectivity index (χ3n) is 5.38. The van der Waals surface area contributed by atoms with E-state index in [-0.39, 0.29) is 30.1 Å². The van der Waals surface area contributed by atoms with Crippen LogP contribution < -0.4 is 5.32 Å². The zero-order valence-electron chi connectivity index (χ0n) is 18.2. The molecule has 3 rings (SSSR count). The lowest BCUT2D eigenvalue weighted by Crippen LogP contribution is -2.56. The van der Waals surface area contributed by atoms with Gasteiger partial charge >= 0.3 is 0 Å². The van der Waals surface area contributed by atoms with Crippen LogP contribution in [0.4, 0.5) is 0 Å². The molecule has 3 atom stereocenters. The molecule has 1 amide bonds. The SMILES string of the molecule is CC1CN(C(C(=O)NCc2ccc(S(=O)(=O)N3CCOCC3)s2)C(C)C)CC(C)O1. The van der Waals surface area contributed by atoms with E-state index in [0.717, 1.165) is 18.0 Å². The van der Waals surface area contributed by atoms with Gasteiger partial charge in [-0.1, -0.05) is 13.8 Å². The zero-order valence-corrected chi connectivity index (χ0v) is 19.8. The number of nitrogens with one attached hydrogen (secondary N) is 1. The molecule has 0 saturated carbocycles. The van der Waals surface area contributed by atoms with Crippen LogP contribution in [-0.2, 0) is 30.8 Å². The first-order valence-electron chi connectivity index (χ1n) is 10.5. The average Bonchev–Trinajstić information content (AvgIpc) is 3.16. The fraction of sp³-hybridized carbons (Fsp3) is 0.750. The Morgan fingerprint density at radius 2 is 1.83 bits per heavy atom. The van der Waals surface area contributed by atoms with Gasteiger partial charge in [0.2, 0.25) is 5.91 Å². The average molecular weight is 460 g/mol. The van der Waals surface area contributed by atoms with Crippen molar-refractivity contribution < 1.29 is 22.7 Å². The summed E-state index contributed by atoms with van der Waals surface area (Å²) in [6, 6.07) is 3.17. The van der Waals surface area contributed by atoms with E-state index < -0.39 is 10.0 Å². The number of hydrogen-bond acceptors (Lipinski definition) is 7. The molecule has 0 spiro atoms. The number of carbonyl (C=O) groups is 1. The van der Waals surface area contributed by atoms with E-state index in [1.165, 1.54) is 15.6 Å². The van der Waals surface area contributed by atoms with Gasteiger partial charge in [0.05, 0.1) is 38.0 Å². The highest BCUT2D eigenvalue weighted by Gasteiger charge is 2.34. The van der Waals surface area contributed by atoms with Crippen LogP contribution in [0, 0.1) is 5.92 Å². The van der Waals surface area contributed by atoms with E-state index >= 15 is 0 Å². The second-order valence-corrected chi connectivity index (χ2v) is 11.7. The minimum absolute atomic E-state index is 0.0303. The number of morpholine rings is 2. The van der Waals surface area contributed by atoms with E-state index in [1.54, 1.807) is 12.1 Å². The van der Waals surface area contributed by atoms with Crippen molar-refractivity contribution in [2.45, 2.75) is 56.7 Å². The molecule has 3 unspecified atom stereocenters. The number of ether oxygens (including phenoxy) is 2. The van der Waals surface area contributed by atoms with Crippen LogP contribution in [0.3, 0.4) is 0 Å². The molecule has 10 heteroatoms. The minimum atomic E-state index is -3.50. The van der Waals surface area contributed by atoms with Crippen molar-refractivity contribution in [1.82, 2.24) is 14.5 Å². The van der Waals surface area contributed by atoms with Crippen LogP contribution >= 0.6 is 11.3 Å². The van der Waals surface area contributed by atoms with Crippen molar-refractivity contribution in [2.75, 3.05) is 39.4 Å². The fourth-order valence-electron chi connectivity index (χ4n) is 4.12. The molecule has 0 radical (unpaired) electrons. The number of nitrogens with zero attached hydrogens (tertiary/aromatic N) is 2. The van der Waals surface area contributed by atoms with E-state index in [0.29, 0.717) is 37.1 Å². The standard InChI is InChI=1S/C20H33N3O5S2/c1-14(2)19(22-12-15(3)28-16(4)13-22)20(24)21-11-17-5-6-18(29-17)30(25,26)23-7-9-27-10-8-23/h5-6,14-16,19H,7-13H2,1-4H3,(H,21,24). The van der Waals surface area contributed by atoms with Gasteiger partial charge in [-0.15, -0.1) is 11.3 Å².